The molecule has 0 radical (unpaired) electrons. The van der Waals surface area contributed by atoms with Gasteiger partial charge in [0.15, 0.2) is 0 Å². The maximum atomic E-state index is 12.3. The van der Waals surface area contributed by atoms with Crippen molar-refractivity contribution in [2.45, 2.75) is 17.5 Å². The number of hydrogen-bond donors (Lipinski definition) is 1. The zero-order chi connectivity index (χ0) is 13.4. The average molecular weight is 275 g/mol. The molecule has 96 valence electrons. The predicted octanol–water partition coefficient (Wildman–Crippen LogP) is 2.29. The summed E-state index contributed by atoms with van der Waals surface area (Å²) in [6.45, 7) is 0. The van der Waals surface area contributed by atoms with E-state index in [1.165, 1.54) is 0 Å². The Bertz CT molecular complexity index is 523. The summed E-state index contributed by atoms with van der Waals surface area (Å²) in [4.78, 5) is -0.998. The zero-order valence-electron chi connectivity index (χ0n) is 8.00. The third-order valence-electron chi connectivity index (χ3n) is 1.84. The molecule has 0 fully saturated rings. The molecule has 0 aliphatic heterocycles. The van der Waals surface area contributed by atoms with E-state index in [2.05, 4.69) is 5.14 Å². The first-order valence-electron chi connectivity index (χ1n) is 4.05. The van der Waals surface area contributed by atoms with Gasteiger partial charge in [0.1, 0.15) is 0 Å². The highest BCUT2D eigenvalue weighted by Crippen LogP contribution is 2.33. The third-order valence-corrected chi connectivity index (χ3v) is 2.73. The van der Waals surface area contributed by atoms with Gasteiger partial charge in [0, 0.05) is 5.56 Å². The average Bonchev–Trinajstić information content (AvgIpc) is 2.14. The first-order valence-corrected chi connectivity index (χ1v) is 5.59. The minimum absolute atomic E-state index is 0.180. The van der Waals surface area contributed by atoms with E-state index in [1.54, 1.807) is 0 Å². The lowest BCUT2D eigenvalue weighted by molar-refractivity contribution is -0.137. The molecule has 2 N–H and O–H groups in total. The Balaban J connectivity index is 3.51. The second-order valence-corrected chi connectivity index (χ2v) is 4.70. The molecule has 1 rings (SSSR count). The molecule has 0 bridgehead atoms. The normalized spacial score (nSPS) is 13.1. The van der Waals surface area contributed by atoms with Crippen LogP contribution in [0.2, 0.25) is 0 Å². The first kappa shape index (κ1) is 13.8. The number of benzene rings is 1. The number of halogens is 5. The Labute approximate surface area is 93.1 Å². The van der Waals surface area contributed by atoms with Crippen molar-refractivity contribution in [3.63, 3.8) is 0 Å². The molecule has 0 heterocycles. The fourth-order valence-corrected chi connectivity index (χ4v) is 1.67. The summed E-state index contributed by atoms with van der Waals surface area (Å²) >= 11 is 0. The van der Waals surface area contributed by atoms with Crippen molar-refractivity contribution in [1.29, 1.82) is 0 Å². The molecule has 0 aliphatic carbocycles. The number of sulfonamides is 1. The molecule has 0 unspecified atom stereocenters. The highest BCUT2D eigenvalue weighted by atomic mass is 32.2. The molecule has 0 amide bonds. The summed E-state index contributed by atoms with van der Waals surface area (Å²) in [6, 6.07) is 0.801. The minimum Gasteiger partial charge on any atom is -0.225 e. The summed E-state index contributed by atoms with van der Waals surface area (Å²) in [5, 5.41) is 4.60. The van der Waals surface area contributed by atoms with Crippen LogP contribution in [0.5, 0.6) is 0 Å². The van der Waals surface area contributed by atoms with Gasteiger partial charge in [0.05, 0.1) is 10.5 Å². The lowest BCUT2D eigenvalue weighted by atomic mass is 10.1. The van der Waals surface area contributed by atoms with E-state index in [0.717, 1.165) is 0 Å². The van der Waals surface area contributed by atoms with Gasteiger partial charge in [-0.05, 0) is 18.2 Å². The maximum absolute atomic E-state index is 12.3. The predicted molar refractivity (Wildman–Crippen MR) is 47.8 cm³/mol. The van der Waals surface area contributed by atoms with Gasteiger partial charge in [-0.3, -0.25) is 0 Å². The quantitative estimate of drug-likeness (QED) is 0.842. The SMILES string of the molecule is NS(=O)(=O)c1cc(C(F)F)cc(C(F)(F)F)c1. The molecule has 1 aromatic carbocycles. The summed E-state index contributed by atoms with van der Waals surface area (Å²) in [5.74, 6) is 0. The molecule has 3 nitrogen and oxygen atoms in total. The standard InChI is InChI=1S/C8H6F5NO2S/c9-7(10)4-1-5(8(11,12)13)3-6(2-4)17(14,15)16/h1-3,7H,(H2,14,15,16). The molecule has 0 saturated carbocycles. The summed E-state index contributed by atoms with van der Waals surface area (Å²) < 4.78 is 83.3. The minimum atomic E-state index is -4.93. The molecular formula is C8H6F5NO2S. The van der Waals surface area contributed by atoms with Crippen LogP contribution in [-0.4, -0.2) is 8.42 Å². The Morgan fingerprint density at radius 1 is 1.12 bits per heavy atom. The maximum Gasteiger partial charge on any atom is 0.416 e. The largest absolute Gasteiger partial charge is 0.416 e. The van der Waals surface area contributed by atoms with Gasteiger partial charge in [-0.15, -0.1) is 0 Å². The Kier molecular flexibility index (Phi) is 3.44. The van der Waals surface area contributed by atoms with Gasteiger partial charge in [-0.2, -0.15) is 13.2 Å². The molecule has 0 aromatic heterocycles. The van der Waals surface area contributed by atoms with Crippen molar-refractivity contribution in [1.82, 2.24) is 0 Å². The van der Waals surface area contributed by atoms with Crippen molar-refractivity contribution < 1.29 is 30.4 Å². The fourth-order valence-electron chi connectivity index (χ4n) is 1.08. The van der Waals surface area contributed by atoms with Crippen molar-refractivity contribution in [2.75, 3.05) is 0 Å². The smallest absolute Gasteiger partial charge is 0.225 e. The second-order valence-electron chi connectivity index (χ2n) is 3.13. The molecular weight excluding hydrogens is 269 g/mol. The summed E-state index contributed by atoms with van der Waals surface area (Å²) in [5.41, 5.74) is -2.54. The molecule has 0 aliphatic rings. The van der Waals surface area contributed by atoms with E-state index in [1.807, 2.05) is 0 Å². The van der Waals surface area contributed by atoms with Crippen molar-refractivity contribution in [3.05, 3.63) is 29.3 Å². The molecule has 1 aromatic rings. The highest BCUT2D eigenvalue weighted by molar-refractivity contribution is 7.89. The van der Waals surface area contributed by atoms with Crippen molar-refractivity contribution in [2.24, 2.45) is 5.14 Å². The number of rotatable bonds is 2. The molecule has 0 saturated heterocycles. The summed E-state index contributed by atoms with van der Waals surface area (Å²) in [6.07, 6.45) is -8.15. The van der Waals surface area contributed by atoms with Crippen LogP contribution >= 0.6 is 0 Å². The molecule has 9 heteroatoms. The van der Waals surface area contributed by atoms with Gasteiger partial charge in [0.25, 0.3) is 6.43 Å². The van der Waals surface area contributed by atoms with Crippen LogP contribution < -0.4 is 5.14 Å². The van der Waals surface area contributed by atoms with Crippen LogP contribution in [0.25, 0.3) is 0 Å². The number of hydrogen-bond acceptors (Lipinski definition) is 2. The van der Waals surface area contributed by atoms with Gasteiger partial charge < -0.3 is 0 Å². The van der Waals surface area contributed by atoms with Gasteiger partial charge in [0.2, 0.25) is 10.0 Å². The molecule has 0 atom stereocenters. The van der Waals surface area contributed by atoms with Gasteiger partial charge >= 0.3 is 6.18 Å². The van der Waals surface area contributed by atoms with Gasteiger partial charge in [-0.1, -0.05) is 0 Å². The Morgan fingerprint density at radius 3 is 2.00 bits per heavy atom. The number of primary sulfonamides is 1. The van der Waals surface area contributed by atoms with E-state index >= 15 is 0 Å². The van der Waals surface area contributed by atoms with Crippen molar-refractivity contribution in [3.8, 4) is 0 Å². The summed E-state index contributed by atoms with van der Waals surface area (Å²) in [7, 11) is -4.47. The van der Waals surface area contributed by atoms with Crippen LogP contribution in [-0.2, 0) is 16.2 Å². The Hall–Kier alpha value is -1.22. The number of nitrogens with two attached hydrogens (primary N) is 1. The van der Waals surface area contributed by atoms with Crippen LogP contribution in [0, 0.1) is 0 Å². The van der Waals surface area contributed by atoms with E-state index < -0.39 is 38.6 Å². The van der Waals surface area contributed by atoms with Gasteiger partial charge in [-0.25, -0.2) is 22.3 Å². The highest BCUT2D eigenvalue weighted by Gasteiger charge is 2.33. The van der Waals surface area contributed by atoms with Crippen molar-refractivity contribution >= 4 is 10.0 Å². The Morgan fingerprint density at radius 2 is 1.65 bits per heavy atom. The van der Waals surface area contributed by atoms with Crippen LogP contribution in [0.3, 0.4) is 0 Å². The molecule has 17 heavy (non-hydrogen) atoms. The number of alkyl halides is 5. The van der Waals surface area contributed by atoms with E-state index in [9.17, 15) is 30.4 Å². The molecule has 0 spiro atoms. The topological polar surface area (TPSA) is 60.2 Å². The lowest BCUT2D eigenvalue weighted by Gasteiger charge is -2.10. The van der Waals surface area contributed by atoms with E-state index in [0.29, 0.717) is 6.07 Å². The van der Waals surface area contributed by atoms with Crippen LogP contribution in [0.4, 0.5) is 22.0 Å². The lowest BCUT2D eigenvalue weighted by Crippen LogP contribution is -2.15. The van der Waals surface area contributed by atoms with E-state index in [4.69, 9.17) is 0 Å². The third kappa shape index (κ3) is 3.37. The zero-order valence-corrected chi connectivity index (χ0v) is 8.82. The van der Waals surface area contributed by atoms with Crippen LogP contribution in [0.1, 0.15) is 17.6 Å². The fraction of sp³-hybridized carbons (Fsp3) is 0.250. The van der Waals surface area contributed by atoms with Crippen LogP contribution in [0.15, 0.2) is 23.1 Å². The second kappa shape index (κ2) is 4.22. The monoisotopic (exact) mass is 275 g/mol. The van der Waals surface area contributed by atoms with E-state index in [-0.39, 0.29) is 12.1 Å². The first-order chi connectivity index (χ1) is 7.51.